The molecule has 27 heavy (non-hydrogen) atoms. The second-order valence-corrected chi connectivity index (χ2v) is 6.53. The molecule has 2 heterocycles. The van der Waals surface area contributed by atoms with E-state index in [1.54, 1.807) is 41.3 Å². The van der Waals surface area contributed by atoms with Gasteiger partial charge in [-0.05, 0) is 48.7 Å². The summed E-state index contributed by atoms with van der Waals surface area (Å²) in [5.74, 6) is 0.402. The summed E-state index contributed by atoms with van der Waals surface area (Å²) in [6.45, 7) is 1.52. The second kappa shape index (κ2) is 7.23. The summed E-state index contributed by atoms with van der Waals surface area (Å²) in [5.41, 5.74) is 1.10. The van der Waals surface area contributed by atoms with E-state index in [0.29, 0.717) is 22.6 Å². The van der Waals surface area contributed by atoms with Crippen molar-refractivity contribution in [1.82, 2.24) is 4.90 Å². The van der Waals surface area contributed by atoms with Gasteiger partial charge in [-0.1, -0.05) is 12.1 Å². The Morgan fingerprint density at radius 3 is 2.63 bits per heavy atom. The van der Waals surface area contributed by atoms with Gasteiger partial charge < -0.3 is 14.4 Å². The molecule has 1 fully saturated rings. The molecule has 0 saturated carbocycles. The Bertz CT molecular complexity index is 914. The molecule has 2 aromatic rings. The van der Waals surface area contributed by atoms with E-state index < -0.39 is 0 Å². The molecular formula is C21H18FNO4. The molecule has 0 atom stereocenters. The SMILES string of the molecule is O=C1C(=Cc2ccc(F)cc2)Oc2cc(OCC(=O)N3CCCC3)ccc21. The highest BCUT2D eigenvalue weighted by molar-refractivity contribution is 6.14. The van der Waals surface area contributed by atoms with Crippen LogP contribution in [0.2, 0.25) is 0 Å². The van der Waals surface area contributed by atoms with Gasteiger partial charge in [0.15, 0.2) is 12.4 Å². The Hall–Kier alpha value is -3.15. The summed E-state index contributed by atoms with van der Waals surface area (Å²) < 4.78 is 24.2. The van der Waals surface area contributed by atoms with Crippen molar-refractivity contribution in [1.29, 1.82) is 0 Å². The summed E-state index contributed by atoms with van der Waals surface area (Å²) in [7, 11) is 0. The van der Waals surface area contributed by atoms with Crippen LogP contribution in [0.4, 0.5) is 4.39 Å². The van der Waals surface area contributed by atoms with Gasteiger partial charge >= 0.3 is 0 Å². The normalized spacial score (nSPS) is 17.1. The average Bonchev–Trinajstić information content (AvgIpc) is 3.31. The highest BCUT2D eigenvalue weighted by Gasteiger charge is 2.28. The van der Waals surface area contributed by atoms with E-state index in [1.165, 1.54) is 12.1 Å². The first-order valence-corrected chi connectivity index (χ1v) is 8.84. The molecule has 0 radical (unpaired) electrons. The van der Waals surface area contributed by atoms with Crippen molar-refractivity contribution in [3.8, 4) is 11.5 Å². The van der Waals surface area contributed by atoms with E-state index in [1.807, 2.05) is 0 Å². The zero-order chi connectivity index (χ0) is 18.8. The summed E-state index contributed by atoms with van der Waals surface area (Å²) in [6, 6.07) is 10.7. The smallest absolute Gasteiger partial charge is 0.260 e. The maximum atomic E-state index is 13.0. The highest BCUT2D eigenvalue weighted by Crippen LogP contribution is 2.34. The summed E-state index contributed by atoms with van der Waals surface area (Å²) in [6.07, 6.45) is 3.63. The Morgan fingerprint density at radius 1 is 1.15 bits per heavy atom. The lowest BCUT2D eigenvalue weighted by Gasteiger charge is -2.15. The third-order valence-corrected chi connectivity index (χ3v) is 4.63. The molecule has 2 aromatic carbocycles. The van der Waals surface area contributed by atoms with Crippen LogP contribution in [0.3, 0.4) is 0 Å². The fourth-order valence-corrected chi connectivity index (χ4v) is 3.17. The van der Waals surface area contributed by atoms with Crippen LogP contribution in [0.25, 0.3) is 6.08 Å². The fraction of sp³-hybridized carbons (Fsp3) is 0.238. The van der Waals surface area contributed by atoms with Gasteiger partial charge in [0.1, 0.15) is 17.3 Å². The number of hydrogen-bond acceptors (Lipinski definition) is 4. The predicted octanol–water partition coefficient (Wildman–Crippen LogP) is 3.44. The number of fused-ring (bicyclic) bond motifs is 1. The van der Waals surface area contributed by atoms with Gasteiger partial charge in [0, 0.05) is 19.2 Å². The number of carbonyl (C=O) groups is 2. The largest absolute Gasteiger partial charge is 0.484 e. The van der Waals surface area contributed by atoms with E-state index in [-0.39, 0.29) is 29.9 Å². The predicted molar refractivity (Wildman–Crippen MR) is 97.1 cm³/mol. The molecule has 0 bridgehead atoms. The Balaban J connectivity index is 1.45. The van der Waals surface area contributed by atoms with Gasteiger partial charge in [0.25, 0.3) is 5.91 Å². The number of likely N-dealkylation sites (tertiary alicyclic amines) is 1. The van der Waals surface area contributed by atoms with Gasteiger partial charge in [-0.15, -0.1) is 0 Å². The van der Waals surface area contributed by atoms with Crippen molar-refractivity contribution in [2.24, 2.45) is 0 Å². The number of amides is 1. The average molecular weight is 367 g/mol. The third-order valence-electron chi connectivity index (χ3n) is 4.63. The van der Waals surface area contributed by atoms with Crippen LogP contribution < -0.4 is 9.47 Å². The number of carbonyl (C=O) groups excluding carboxylic acids is 2. The molecule has 2 aliphatic heterocycles. The highest BCUT2D eigenvalue weighted by atomic mass is 19.1. The first kappa shape index (κ1) is 17.3. The quantitative estimate of drug-likeness (QED) is 0.777. The number of allylic oxidation sites excluding steroid dienone is 1. The molecule has 4 rings (SSSR count). The molecule has 0 unspecified atom stereocenters. The van der Waals surface area contributed by atoms with Gasteiger partial charge in [0.2, 0.25) is 5.78 Å². The summed E-state index contributed by atoms with van der Waals surface area (Å²) in [4.78, 5) is 26.3. The van der Waals surface area contributed by atoms with Gasteiger partial charge in [-0.25, -0.2) is 4.39 Å². The molecule has 0 N–H and O–H groups in total. The van der Waals surface area contributed by atoms with Crippen molar-refractivity contribution in [3.05, 3.63) is 65.2 Å². The minimum Gasteiger partial charge on any atom is -0.484 e. The zero-order valence-corrected chi connectivity index (χ0v) is 14.6. The van der Waals surface area contributed by atoms with Crippen LogP contribution in [0.5, 0.6) is 11.5 Å². The van der Waals surface area contributed by atoms with E-state index in [2.05, 4.69) is 0 Å². The van der Waals surface area contributed by atoms with Crippen molar-refractivity contribution in [2.75, 3.05) is 19.7 Å². The van der Waals surface area contributed by atoms with E-state index in [9.17, 15) is 14.0 Å². The lowest BCUT2D eigenvalue weighted by atomic mass is 10.1. The second-order valence-electron chi connectivity index (χ2n) is 6.53. The Kier molecular flexibility index (Phi) is 4.62. The van der Waals surface area contributed by atoms with Crippen LogP contribution in [0.1, 0.15) is 28.8 Å². The van der Waals surface area contributed by atoms with Crippen LogP contribution in [-0.4, -0.2) is 36.3 Å². The topological polar surface area (TPSA) is 55.8 Å². The molecule has 0 spiro atoms. The molecule has 1 saturated heterocycles. The molecule has 5 nitrogen and oxygen atoms in total. The first-order valence-electron chi connectivity index (χ1n) is 8.84. The number of Topliss-reactive ketones (excluding diaryl/α,β-unsaturated/α-hetero) is 1. The number of halogens is 1. The number of benzene rings is 2. The maximum absolute atomic E-state index is 13.0. The van der Waals surface area contributed by atoms with E-state index in [0.717, 1.165) is 25.9 Å². The molecular weight excluding hydrogens is 349 g/mol. The zero-order valence-electron chi connectivity index (χ0n) is 14.6. The van der Waals surface area contributed by atoms with Crippen molar-refractivity contribution < 1.29 is 23.5 Å². The standard InChI is InChI=1S/C21H18FNO4/c22-15-5-3-14(4-6-15)11-19-21(25)17-8-7-16(12-18(17)27-19)26-13-20(24)23-9-1-2-10-23/h3-8,11-12H,1-2,9-10,13H2. The number of ether oxygens (including phenoxy) is 2. The van der Waals surface area contributed by atoms with Crippen molar-refractivity contribution >= 4 is 17.8 Å². The van der Waals surface area contributed by atoms with Gasteiger partial charge in [0.05, 0.1) is 5.56 Å². The Labute approximate surface area is 156 Å². The number of rotatable bonds is 4. The van der Waals surface area contributed by atoms with E-state index in [4.69, 9.17) is 9.47 Å². The van der Waals surface area contributed by atoms with E-state index >= 15 is 0 Å². The lowest BCUT2D eigenvalue weighted by molar-refractivity contribution is -0.132. The van der Waals surface area contributed by atoms with Crippen molar-refractivity contribution in [3.63, 3.8) is 0 Å². The maximum Gasteiger partial charge on any atom is 0.260 e. The minimum absolute atomic E-state index is 0.0367. The minimum atomic E-state index is -0.343. The monoisotopic (exact) mass is 367 g/mol. The molecule has 2 aliphatic rings. The van der Waals surface area contributed by atoms with Crippen LogP contribution >= 0.6 is 0 Å². The van der Waals surface area contributed by atoms with Gasteiger partial charge in [-0.3, -0.25) is 9.59 Å². The molecule has 0 aliphatic carbocycles. The van der Waals surface area contributed by atoms with Crippen LogP contribution in [0.15, 0.2) is 48.2 Å². The molecule has 1 amide bonds. The molecule has 138 valence electrons. The first-order chi connectivity index (χ1) is 13.1. The lowest BCUT2D eigenvalue weighted by Crippen LogP contribution is -2.32. The number of hydrogen-bond donors (Lipinski definition) is 0. The fourth-order valence-electron chi connectivity index (χ4n) is 3.17. The van der Waals surface area contributed by atoms with Gasteiger partial charge in [-0.2, -0.15) is 0 Å². The van der Waals surface area contributed by atoms with Crippen LogP contribution in [-0.2, 0) is 4.79 Å². The Morgan fingerprint density at radius 2 is 1.89 bits per heavy atom. The summed E-state index contributed by atoms with van der Waals surface area (Å²) >= 11 is 0. The number of ketones is 1. The summed E-state index contributed by atoms with van der Waals surface area (Å²) in [5, 5.41) is 0. The molecule has 0 aromatic heterocycles. The van der Waals surface area contributed by atoms with Crippen LogP contribution in [0, 0.1) is 5.82 Å². The molecule has 6 heteroatoms. The third kappa shape index (κ3) is 3.69. The number of nitrogens with zero attached hydrogens (tertiary/aromatic N) is 1. The van der Waals surface area contributed by atoms with Crippen molar-refractivity contribution in [2.45, 2.75) is 12.8 Å².